The van der Waals surface area contributed by atoms with Crippen LogP contribution >= 0.6 is 0 Å². The Labute approximate surface area is 104 Å². The van der Waals surface area contributed by atoms with E-state index in [4.69, 9.17) is 10.5 Å². The lowest BCUT2D eigenvalue weighted by molar-refractivity contribution is -0.123. The third-order valence-electron chi connectivity index (χ3n) is 3.40. The van der Waals surface area contributed by atoms with E-state index in [2.05, 4.69) is 5.32 Å². The topological polar surface area (TPSA) is 64.3 Å². The summed E-state index contributed by atoms with van der Waals surface area (Å²) < 4.78 is 5.03. The van der Waals surface area contributed by atoms with Crippen LogP contribution in [0.25, 0.3) is 0 Å². The standard InChI is InChI=1S/C13H26N2O2/c1-10(9-17-2)8-13(16)15-12-7-5-3-4-6-11(12)14/h10-12H,3-9,14H2,1-2H3,(H,15,16). The fourth-order valence-corrected chi connectivity index (χ4v) is 2.44. The van der Waals surface area contributed by atoms with Gasteiger partial charge in [-0.25, -0.2) is 0 Å². The summed E-state index contributed by atoms with van der Waals surface area (Å²) in [7, 11) is 1.66. The van der Waals surface area contributed by atoms with Crippen molar-refractivity contribution >= 4 is 5.91 Å². The first kappa shape index (κ1) is 14.5. The predicted octanol–water partition coefficient (Wildman–Crippen LogP) is 1.44. The van der Waals surface area contributed by atoms with Crippen molar-refractivity contribution in [2.45, 2.75) is 57.5 Å². The molecule has 1 rings (SSSR count). The molecule has 4 nitrogen and oxygen atoms in total. The van der Waals surface area contributed by atoms with Crippen molar-refractivity contribution in [1.82, 2.24) is 5.32 Å². The minimum atomic E-state index is 0.108. The average Bonchev–Trinajstić information content (AvgIpc) is 2.44. The van der Waals surface area contributed by atoms with Crippen LogP contribution in [-0.2, 0) is 9.53 Å². The van der Waals surface area contributed by atoms with Gasteiger partial charge in [0.15, 0.2) is 0 Å². The number of methoxy groups -OCH3 is 1. The number of hydrogen-bond acceptors (Lipinski definition) is 3. The van der Waals surface area contributed by atoms with Crippen molar-refractivity contribution in [3.8, 4) is 0 Å². The molecule has 4 heteroatoms. The fraction of sp³-hybridized carbons (Fsp3) is 0.923. The highest BCUT2D eigenvalue weighted by Gasteiger charge is 2.22. The smallest absolute Gasteiger partial charge is 0.220 e. The van der Waals surface area contributed by atoms with Gasteiger partial charge in [0.25, 0.3) is 0 Å². The normalized spacial score (nSPS) is 27.2. The summed E-state index contributed by atoms with van der Waals surface area (Å²) in [6.45, 7) is 2.65. The first-order valence-corrected chi connectivity index (χ1v) is 6.67. The van der Waals surface area contributed by atoms with Crippen LogP contribution in [-0.4, -0.2) is 31.7 Å². The van der Waals surface area contributed by atoms with E-state index in [1.165, 1.54) is 19.3 Å². The Morgan fingerprint density at radius 2 is 2.12 bits per heavy atom. The van der Waals surface area contributed by atoms with Crippen molar-refractivity contribution in [3.63, 3.8) is 0 Å². The molecule has 0 aromatic heterocycles. The summed E-state index contributed by atoms with van der Waals surface area (Å²) in [5, 5.41) is 3.08. The molecule has 3 unspecified atom stereocenters. The minimum absolute atomic E-state index is 0.108. The number of carbonyl (C=O) groups excluding carboxylic acids is 1. The summed E-state index contributed by atoms with van der Waals surface area (Å²) in [5.74, 6) is 0.374. The van der Waals surface area contributed by atoms with E-state index < -0.39 is 0 Å². The number of nitrogens with one attached hydrogen (secondary N) is 1. The number of amides is 1. The van der Waals surface area contributed by atoms with Crippen LogP contribution in [0, 0.1) is 5.92 Å². The number of nitrogens with two attached hydrogens (primary N) is 1. The summed E-state index contributed by atoms with van der Waals surface area (Å²) >= 11 is 0. The molecule has 0 saturated heterocycles. The Hall–Kier alpha value is -0.610. The summed E-state index contributed by atoms with van der Waals surface area (Å²) in [6.07, 6.45) is 6.17. The lowest BCUT2D eigenvalue weighted by Gasteiger charge is -2.23. The lowest BCUT2D eigenvalue weighted by atomic mass is 10.0. The van der Waals surface area contributed by atoms with Crippen LogP contribution in [0.4, 0.5) is 0 Å². The highest BCUT2D eigenvalue weighted by molar-refractivity contribution is 5.76. The Morgan fingerprint density at radius 3 is 2.82 bits per heavy atom. The maximum absolute atomic E-state index is 11.8. The zero-order valence-corrected chi connectivity index (χ0v) is 11.1. The fourth-order valence-electron chi connectivity index (χ4n) is 2.44. The van der Waals surface area contributed by atoms with Gasteiger partial charge < -0.3 is 15.8 Å². The van der Waals surface area contributed by atoms with Gasteiger partial charge in [-0.3, -0.25) is 4.79 Å². The third kappa shape index (κ3) is 5.50. The van der Waals surface area contributed by atoms with E-state index in [1.807, 2.05) is 6.92 Å². The van der Waals surface area contributed by atoms with Gasteiger partial charge in [0.2, 0.25) is 5.91 Å². The molecule has 3 N–H and O–H groups in total. The largest absolute Gasteiger partial charge is 0.384 e. The second-order valence-corrected chi connectivity index (χ2v) is 5.24. The van der Waals surface area contributed by atoms with E-state index in [9.17, 15) is 4.79 Å². The van der Waals surface area contributed by atoms with Gasteiger partial charge in [0.1, 0.15) is 0 Å². The van der Waals surface area contributed by atoms with Crippen LogP contribution in [0.1, 0.15) is 45.4 Å². The van der Waals surface area contributed by atoms with Gasteiger partial charge in [-0.2, -0.15) is 0 Å². The maximum Gasteiger partial charge on any atom is 0.220 e. The Kier molecular flexibility index (Phi) is 6.52. The highest BCUT2D eigenvalue weighted by Crippen LogP contribution is 2.17. The van der Waals surface area contributed by atoms with E-state index in [-0.39, 0.29) is 23.9 Å². The van der Waals surface area contributed by atoms with Gasteiger partial charge in [0, 0.05) is 32.2 Å². The van der Waals surface area contributed by atoms with Gasteiger partial charge in [0.05, 0.1) is 0 Å². The molecule has 0 heterocycles. The third-order valence-corrected chi connectivity index (χ3v) is 3.40. The molecule has 0 bridgehead atoms. The molecule has 1 aliphatic rings. The number of hydrogen-bond donors (Lipinski definition) is 2. The molecule has 100 valence electrons. The van der Waals surface area contributed by atoms with Crippen molar-refractivity contribution in [2.24, 2.45) is 11.7 Å². The van der Waals surface area contributed by atoms with E-state index in [1.54, 1.807) is 7.11 Å². The molecule has 3 atom stereocenters. The summed E-state index contributed by atoms with van der Waals surface area (Å²) in [5.41, 5.74) is 6.08. The summed E-state index contributed by atoms with van der Waals surface area (Å²) in [6, 6.07) is 0.291. The first-order chi connectivity index (χ1) is 8.13. The van der Waals surface area contributed by atoms with Crippen molar-refractivity contribution in [3.05, 3.63) is 0 Å². The molecule has 1 fully saturated rings. The van der Waals surface area contributed by atoms with Crippen LogP contribution in [0.3, 0.4) is 0 Å². The quantitative estimate of drug-likeness (QED) is 0.717. The molecule has 0 aromatic rings. The second-order valence-electron chi connectivity index (χ2n) is 5.24. The second kappa shape index (κ2) is 7.67. The van der Waals surface area contributed by atoms with Crippen LogP contribution in [0.15, 0.2) is 0 Å². The van der Waals surface area contributed by atoms with Crippen molar-refractivity contribution in [2.75, 3.05) is 13.7 Å². The molecule has 0 aliphatic heterocycles. The molecule has 17 heavy (non-hydrogen) atoms. The Balaban J connectivity index is 2.33. The van der Waals surface area contributed by atoms with Gasteiger partial charge >= 0.3 is 0 Å². The maximum atomic E-state index is 11.8. The number of carbonyl (C=O) groups is 1. The monoisotopic (exact) mass is 242 g/mol. The average molecular weight is 242 g/mol. The Bertz CT molecular complexity index is 233. The zero-order valence-electron chi connectivity index (χ0n) is 11.1. The van der Waals surface area contributed by atoms with E-state index in [0.29, 0.717) is 13.0 Å². The predicted molar refractivity (Wildman–Crippen MR) is 68.6 cm³/mol. The molecular weight excluding hydrogens is 216 g/mol. The number of ether oxygens (including phenoxy) is 1. The zero-order chi connectivity index (χ0) is 12.7. The van der Waals surface area contributed by atoms with Crippen LogP contribution < -0.4 is 11.1 Å². The van der Waals surface area contributed by atoms with Gasteiger partial charge in [-0.05, 0) is 18.8 Å². The van der Waals surface area contributed by atoms with Crippen LogP contribution in [0.2, 0.25) is 0 Å². The van der Waals surface area contributed by atoms with Crippen molar-refractivity contribution in [1.29, 1.82) is 0 Å². The number of rotatable bonds is 5. The van der Waals surface area contributed by atoms with E-state index >= 15 is 0 Å². The first-order valence-electron chi connectivity index (χ1n) is 6.67. The minimum Gasteiger partial charge on any atom is -0.384 e. The Morgan fingerprint density at radius 1 is 1.41 bits per heavy atom. The molecule has 0 spiro atoms. The molecule has 1 amide bonds. The van der Waals surface area contributed by atoms with Gasteiger partial charge in [-0.1, -0.05) is 26.2 Å². The summed E-state index contributed by atoms with van der Waals surface area (Å²) in [4.78, 5) is 11.8. The molecule has 1 aliphatic carbocycles. The lowest BCUT2D eigenvalue weighted by Crippen LogP contribution is -2.47. The molecular formula is C13H26N2O2. The van der Waals surface area contributed by atoms with Crippen molar-refractivity contribution < 1.29 is 9.53 Å². The van der Waals surface area contributed by atoms with Crippen LogP contribution in [0.5, 0.6) is 0 Å². The molecule has 0 radical (unpaired) electrons. The molecule has 0 aromatic carbocycles. The molecule has 1 saturated carbocycles. The van der Waals surface area contributed by atoms with Gasteiger partial charge in [-0.15, -0.1) is 0 Å². The highest BCUT2D eigenvalue weighted by atomic mass is 16.5. The van der Waals surface area contributed by atoms with E-state index in [0.717, 1.165) is 12.8 Å². The SMILES string of the molecule is COCC(C)CC(=O)NC1CCCCCC1N.